The van der Waals surface area contributed by atoms with E-state index in [1.54, 1.807) is 6.07 Å². The second kappa shape index (κ2) is 5.97. The predicted molar refractivity (Wildman–Crippen MR) is 82.9 cm³/mol. The number of halogens is 1. The Morgan fingerprint density at radius 2 is 1.90 bits per heavy atom. The minimum absolute atomic E-state index is 0.185. The maximum Gasteiger partial charge on any atom is 0.254 e. The molecule has 0 aliphatic rings. The molecule has 0 aliphatic heterocycles. The number of rotatable bonds is 3. The minimum atomic E-state index is -0.187. The Balaban J connectivity index is 2.22. The van der Waals surface area contributed by atoms with E-state index in [1.165, 1.54) is 0 Å². The van der Waals surface area contributed by atoms with Crippen LogP contribution in [0.15, 0.2) is 42.5 Å². The van der Waals surface area contributed by atoms with Crippen LogP contribution in [0.2, 0.25) is 5.02 Å². The zero-order valence-corrected chi connectivity index (χ0v) is 12.2. The Morgan fingerprint density at radius 1 is 1.20 bits per heavy atom. The number of hydrogen-bond donors (Lipinski definition) is 2. The molecule has 2 aromatic carbocycles. The lowest BCUT2D eigenvalue weighted by Gasteiger charge is -2.17. The van der Waals surface area contributed by atoms with Crippen LogP contribution in [0.25, 0.3) is 0 Å². The van der Waals surface area contributed by atoms with Crippen molar-refractivity contribution in [3.05, 3.63) is 64.2 Å². The third-order valence-corrected chi connectivity index (χ3v) is 3.60. The number of carbonyl (C=O) groups excluding carboxylic acids is 1. The van der Waals surface area contributed by atoms with Gasteiger partial charge in [-0.2, -0.15) is 0 Å². The van der Waals surface area contributed by atoms with Crippen LogP contribution >= 0.6 is 11.6 Å². The first-order chi connectivity index (χ1) is 9.50. The van der Waals surface area contributed by atoms with E-state index in [2.05, 4.69) is 5.32 Å². The van der Waals surface area contributed by atoms with Gasteiger partial charge in [0, 0.05) is 10.7 Å². The summed E-state index contributed by atoms with van der Waals surface area (Å²) in [6.45, 7) is 3.76. The third-order valence-electron chi connectivity index (χ3n) is 3.25. The highest BCUT2D eigenvalue weighted by atomic mass is 35.5. The summed E-state index contributed by atoms with van der Waals surface area (Å²) in [6, 6.07) is 12.7. The van der Waals surface area contributed by atoms with E-state index in [4.69, 9.17) is 17.3 Å². The number of amides is 1. The van der Waals surface area contributed by atoms with Crippen molar-refractivity contribution in [3.8, 4) is 0 Å². The Bertz CT molecular complexity index is 620. The van der Waals surface area contributed by atoms with Gasteiger partial charge in [-0.25, -0.2) is 0 Å². The monoisotopic (exact) mass is 288 g/mol. The lowest BCUT2D eigenvalue weighted by molar-refractivity contribution is 0.0940. The highest BCUT2D eigenvalue weighted by molar-refractivity contribution is 6.31. The van der Waals surface area contributed by atoms with Gasteiger partial charge in [0.25, 0.3) is 5.91 Å². The molecular weight excluding hydrogens is 272 g/mol. The molecule has 1 amide bonds. The van der Waals surface area contributed by atoms with E-state index in [0.29, 0.717) is 16.3 Å². The molecule has 3 nitrogen and oxygen atoms in total. The highest BCUT2D eigenvalue weighted by Gasteiger charge is 2.16. The fraction of sp³-hybridized carbons (Fsp3) is 0.188. The van der Waals surface area contributed by atoms with Crippen LogP contribution in [0.4, 0.5) is 5.69 Å². The number of nitrogen functional groups attached to an aromatic ring is 1. The number of nitrogens with one attached hydrogen (secondary N) is 1. The van der Waals surface area contributed by atoms with E-state index in [1.807, 2.05) is 50.2 Å². The van der Waals surface area contributed by atoms with Crippen molar-refractivity contribution in [2.75, 3.05) is 5.73 Å². The molecule has 0 radical (unpaired) electrons. The molecule has 4 heteroatoms. The second-order valence-corrected chi connectivity index (χ2v) is 5.16. The molecule has 2 rings (SSSR count). The molecule has 0 aromatic heterocycles. The summed E-state index contributed by atoms with van der Waals surface area (Å²) in [5.74, 6) is -0.187. The molecule has 2 aromatic rings. The first kappa shape index (κ1) is 14.4. The van der Waals surface area contributed by atoms with Crippen molar-refractivity contribution in [1.29, 1.82) is 0 Å². The van der Waals surface area contributed by atoms with Crippen LogP contribution in [0, 0.1) is 6.92 Å². The molecule has 0 fully saturated rings. The highest BCUT2D eigenvalue weighted by Crippen LogP contribution is 2.23. The van der Waals surface area contributed by atoms with Gasteiger partial charge in [-0.15, -0.1) is 0 Å². The van der Waals surface area contributed by atoms with Crippen molar-refractivity contribution < 1.29 is 4.79 Å². The third kappa shape index (κ3) is 2.94. The Hall–Kier alpha value is -2.00. The van der Waals surface area contributed by atoms with E-state index >= 15 is 0 Å². The zero-order chi connectivity index (χ0) is 14.7. The normalized spacial score (nSPS) is 11.9. The predicted octanol–water partition coefficient (Wildman–Crippen LogP) is 3.72. The average Bonchev–Trinajstić information content (AvgIpc) is 2.38. The lowest BCUT2D eigenvalue weighted by Crippen LogP contribution is -2.28. The molecule has 0 bridgehead atoms. The zero-order valence-electron chi connectivity index (χ0n) is 11.5. The van der Waals surface area contributed by atoms with Gasteiger partial charge < -0.3 is 11.1 Å². The van der Waals surface area contributed by atoms with E-state index < -0.39 is 0 Å². The first-order valence-corrected chi connectivity index (χ1v) is 6.79. The van der Waals surface area contributed by atoms with Gasteiger partial charge in [-0.05, 0) is 37.1 Å². The molecule has 0 saturated carbocycles. The average molecular weight is 289 g/mol. The smallest absolute Gasteiger partial charge is 0.254 e. The number of hydrogen-bond acceptors (Lipinski definition) is 2. The van der Waals surface area contributed by atoms with Crippen molar-refractivity contribution >= 4 is 23.2 Å². The maximum atomic E-state index is 12.3. The molecule has 0 heterocycles. The van der Waals surface area contributed by atoms with Crippen LogP contribution < -0.4 is 11.1 Å². The topological polar surface area (TPSA) is 55.1 Å². The summed E-state index contributed by atoms with van der Waals surface area (Å²) in [4.78, 5) is 12.3. The summed E-state index contributed by atoms with van der Waals surface area (Å²) in [7, 11) is 0. The van der Waals surface area contributed by atoms with Gasteiger partial charge in [0.15, 0.2) is 0 Å². The Kier molecular flexibility index (Phi) is 4.30. The molecule has 0 aliphatic carbocycles. The van der Waals surface area contributed by atoms with Crippen LogP contribution in [0.3, 0.4) is 0 Å². The number of benzene rings is 2. The number of aryl methyl sites for hydroxylation is 1. The van der Waals surface area contributed by atoms with Crippen molar-refractivity contribution in [2.45, 2.75) is 19.9 Å². The summed E-state index contributed by atoms with van der Waals surface area (Å²) in [6.07, 6.45) is 0. The molecule has 0 saturated heterocycles. The largest absolute Gasteiger partial charge is 0.398 e. The molecule has 104 valence electrons. The van der Waals surface area contributed by atoms with Gasteiger partial charge in [-0.3, -0.25) is 4.79 Å². The van der Waals surface area contributed by atoms with Gasteiger partial charge in [-0.1, -0.05) is 41.9 Å². The van der Waals surface area contributed by atoms with E-state index in [0.717, 1.165) is 11.1 Å². The fourth-order valence-corrected chi connectivity index (χ4v) is 2.47. The molecule has 1 atom stereocenters. The van der Waals surface area contributed by atoms with Crippen molar-refractivity contribution in [3.63, 3.8) is 0 Å². The summed E-state index contributed by atoms with van der Waals surface area (Å²) < 4.78 is 0. The van der Waals surface area contributed by atoms with Crippen LogP contribution in [0.1, 0.15) is 34.5 Å². The van der Waals surface area contributed by atoms with E-state index in [-0.39, 0.29) is 11.9 Å². The molecule has 3 N–H and O–H groups in total. The first-order valence-electron chi connectivity index (χ1n) is 6.41. The standard InChI is InChI=1S/C16H17ClN2O/c1-10-6-5-9-14(18)15(10)16(20)19-11(2)12-7-3-4-8-13(12)17/h3-9,11H,18H2,1-2H3,(H,19,20). The summed E-state index contributed by atoms with van der Waals surface area (Å²) in [5, 5.41) is 3.57. The molecule has 1 unspecified atom stereocenters. The van der Waals surface area contributed by atoms with Gasteiger partial charge >= 0.3 is 0 Å². The second-order valence-electron chi connectivity index (χ2n) is 4.76. The van der Waals surface area contributed by atoms with Crippen LogP contribution in [0.5, 0.6) is 0 Å². The van der Waals surface area contributed by atoms with Gasteiger partial charge in [0.1, 0.15) is 0 Å². The Labute approximate surface area is 123 Å². The quantitative estimate of drug-likeness (QED) is 0.846. The number of nitrogens with two attached hydrogens (primary N) is 1. The Morgan fingerprint density at radius 3 is 2.55 bits per heavy atom. The fourth-order valence-electron chi connectivity index (χ4n) is 2.17. The number of carbonyl (C=O) groups is 1. The maximum absolute atomic E-state index is 12.3. The SMILES string of the molecule is Cc1cccc(N)c1C(=O)NC(C)c1ccccc1Cl. The molecular formula is C16H17ClN2O. The lowest BCUT2D eigenvalue weighted by atomic mass is 10.0. The van der Waals surface area contributed by atoms with Crippen molar-refractivity contribution in [2.24, 2.45) is 0 Å². The molecule has 20 heavy (non-hydrogen) atoms. The van der Waals surface area contributed by atoms with Gasteiger partial charge in [0.05, 0.1) is 11.6 Å². The summed E-state index contributed by atoms with van der Waals surface area (Å²) >= 11 is 6.14. The number of anilines is 1. The van der Waals surface area contributed by atoms with Crippen LogP contribution in [-0.2, 0) is 0 Å². The van der Waals surface area contributed by atoms with Crippen molar-refractivity contribution in [1.82, 2.24) is 5.32 Å². The van der Waals surface area contributed by atoms with Gasteiger partial charge in [0.2, 0.25) is 0 Å². The minimum Gasteiger partial charge on any atom is -0.398 e. The molecule has 0 spiro atoms. The van der Waals surface area contributed by atoms with Crippen LogP contribution in [-0.4, -0.2) is 5.91 Å². The summed E-state index contributed by atoms with van der Waals surface area (Å²) in [5.41, 5.74) is 8.62. The van der Waals surface area contributed by atoms with E-state index in [9.17, 15) is 4.79 Å².